The van der Waals surface area contributed by atoms with Gasteiger partial charge < -0.3 is 30.2 Å². The maximum atomic E-state index is 14.0. The first-order valence-electron chi connectivity index (χ1n) is 15.1. The molecule has 2 amide bonds. The van der Waals surface area contributed by atoms with Crippen LogP contribution in [0.5, 0.6) is 5.88 Å². The quantitative estimate of drug-likeness (QED) is 0.214. The van der Waals surface area contributed by atoms with Crippen molar-refractivity contribution in [2.24, 2.45) is 5.73 Å². The molecule has 3 aromatic heterocycles. The third-order valence-corrected chi connectivity index (χ3v) is 9.47. The highest BCUT2D eigenvalue weighted by molar-refractivity contribution is 7.89. The van der Waals surface area contributed by atoms with Crippen molar-refractivity contribution in [3.05, 3.63) is 59.3 Å². The zero-order chi connectivity index (χ0) is 33.3. The Labute approximate surface area is 269 Å². The van der Waals surface area contributed by atoms with Gasteiger partial charge in [-0.3, -0.25) is 19.3 Å². The third kappa shape index (κ3) is 8.24. The van der Waals surface area contributed by atoms with Crippen LogP contribution in [0.2, 0.25) is 0 Å². The molecule has 1 aliphatic rings. The molecule has 16 heteroatoms. The molecule has 250 valence electrons. The number of pyridine rings is 2. The highest BCUT2D eigenvalue weighted by atomic mass is 32.2. The van der Waals surface area contributed by atoms with Gasteiger partial charge in [-0.05, 0) is 31.2 Å². The number of amides is 2. The molecule has 1 unspecified atom stereocenters. The van der Waals surface area contributed by atoms with Crippen LogP contribution in [0.1, 0.15) is 58.9 Å². The van der Waals surface area contributed by atoms with E-state index in [9.17, 15) is 18.0 Å². The number of nitrogens with one attached hydrogen (secondary N) is 1. The number of ether oxygens (including phenoxy) is 3. The molecule has 3 N–H and O–H groups in total. The van der Waals surface area contributed by atoms with E-state index in [1.165, 1.54) is 30.8 Å². The summed E-state index contributed by atoms with van der Waals surface area (Å²) in [5, 5.41) is 7.19. The number of carbonyl (C=O) groups excluding carboxylic acids is 2. The molecule has 0 aromatic carbocycles. The van der Waals surface area contributed by atoms with E-state index in [0.29, 0.717) is 63.4 Å². The minimum atomic E-state index is -4.00. The topological polar surface area (TPSA) is 184 Å². The minimum absolute atomic E-state index is 0.118. The van der Waals surface area contributed by atoms with E-state index >= 15 is 0 Å². The lowest BCUT2D eigenvalue weighted by Crippen LogP contribution is -2.48. The van der Waals surface area contributed by atoms with E-state index in [-0.39, 0.29) is 34.3 Å². The number of piperazine rings is 1. The second kappa shape index (κ2) is 16.0. The Morgan fingerprint density at radius 2 is 1.87 bits per heavy atom. The number of nitrogens with two attached hydrogens (primary N) is 1. The van der Waals surface area contributed by atoms with Crippen molar-refractivity contribution >= 4 is 27.5 Å². The molecular formula is C30H42N8O7S. The second-order valence-electron chi connectivity index (χ2n) is 10.6. The average Bonchev–Trinajstić information content (AvgIpc) is 3.39. The molecule has 0 spiro atoms. The second-order valence-corrected chi connectivity index (χ2v) is 12.6. The predicted molar refractivity (Wildman–Crippen MR) is 169 cm³/mol. The number of anilines is 1. The van der Waals surface area contributed by atoms with Crippen molar-refractivity contribution in [2.75, 3.05) is 58.9 Å². The normalized spacial score (nSPS) is 15.0. The van der Waals surface area contributed by atoms with Gasteiger partial charge in [-0.2, -0.15) is 9.40 Å². The van der Waals surface area contributed by atoms with Gasteiger partial charge in [-0.1, -0.05) is 26.3 Å². The van der Waals surface area contributed by atoms with E-state index in [1.54, 1.807) is 16.9 Å². The number of nitrogens with zero attached hydrogens (tertiary/aromatic N) is 6. The molecule has 1 atom stereocenters. The molecule has 0 bridgehead atoms. The molecule has 1 saturated heterocycles. The molecule has 0 saturated carbocycles. The van der Waals surface area contributed by atoms with Crippen molar-refractivity contribution in [3.63, 3.8) is 0 Å². The fourth-order valence-electron chi connectivity index (χ4n) is 5.08. The molecule has 46 heavy (non-hydrogen) atoms. The smallest absolute Gasteiger partial charge is 0.271 e. The van der Waals surface area contributed by atoms with Gasteiger partial charge in [0.25, 0.3) is 11.8 Å². The van der Waals surface area contributed by atoms with E-state index in [2.05, 4.69) is 25.3 Å². The van der Waals surface area contributed by atoms with Gasteiger partial charge in [0, 0.05) is 53.0 Å². The van der Waals surface area contributed by atoms with Crippen molar-refractivity contribution in [2.45, 2.75) is 50.8 Å². The lowest BCUT2D eigenvalue weighted by Gasteiger charge is -2.33. The van der Waals surface area contributed by atoms with Gasteiger partial charge in [0.15, 0.2) is 5.69 Å². The fourth-order valence-corrected chi connectivity index (χ4v) is 6.47. The van der Waals surface area contributed by atoms with Gasteiger partial charge in [-0.15, -0.1) is 0 Å². The van der Waals surface area contributed by atoms with Crippen molar-refractivity contribution in [1.29, 1.82) is 0 Å². The van der Waals surface area contributed by atoms with E-state index in [4.69, 9.17) is 19.9 Å². The summed E-state index contributed by atoms with van der Waals surface area (Å²) in [6, 6.07) is 6.67. The van der Waals surface area contributed by atoms with Gasteiger partial charge in [0.05, 0.1) is 36.4 Å². The SMILES string of the molecule is CCCc1c(NC(=O)c2cc(S(=O)(=O)N3CCN(CC)CC3)cnc2OC(CCOC)OC)c(C(N)=O)nn1Cc1ccccn1. The van der Waals surface area contributed by atoms with Crippen LogP contribution in [0.3, 0.4) is 0 Å². The lowest BCUT2D eigenvalue weighted by atomic mass is 10.1. The Bertz CT molecular complexity index is 1590. The first-order valence-corrected chi connectivity index (χ1v) is 16.6. The Morgan fingerprint density at radius 1 is 1.11 bits per heavy atom. The van der Waals surface area contributed by atoms with Crippen LogP contribution in [0.25, 0.3) is 0 Å². The first-order chi connectivity index (χ1) is 22.1. The van der Waals surface area contributed by atoms with Gasteiger partial charge in [0.1, 0.15) is 10.5 Å². The number of rotatable bonds is 16. The molecule has 4 rings (SSSR count). The number of hydrogen-bond acceptors (Lipinski definition) is 11. The standard InChI is InChI=1S/C30H42N8O7S/c1-5-9-24-26(27(28(31)39)35-38(24)20-21-10-7-8-12-32-21)34-29(40)23-18-22(19-33-30(23)45-25(44-4)11-17-43-3)46(41,42)37-15-13-36(6-2)14-16-37/h7-8,10,12,18-19,25H,5-6,9,11,13-17,20H2,1-4H3,(H2,31,39)(H,34,40). The summed E-state index contributed by atoms with van der Waals surface area (Å²) in [5.74, 6) is -1.77. The Hall–Kier alpha value is -3.96. The Kier molecular flexibility index (Phi) is 12.2. The minimum Gasteiger partial charge on any atom is -0.447 e. The van der Waals surface area contributed by atoms with Gasteiger partial charge >= 0.3 is 0 Å². The van der Waals surface area contributed by atoms with Crippen molar-refractivity contribution < 1.29 is 32.2 Å². The van der Waals surface area contributed by atoms with E-state index in [1.807, 2.05) is 26.0 Å². The summed E-state index contributed by atoms with van der Waals surface area (Å²) >= 11 is 0. The Balaban J connectivity index is 1.75. The van der Waals surface area contributed by atoms with Crippen LogP contribution in [0, 0.1) is 0 Å². The van der Waals surface area contributed by atoms with Crippen LogP contribution in [0.15, 0.2) is 41.6 Å². The Morgan fingerprint density at radius 3 is 2.48 bits per heavy atom. The van der Waals surface area contributed by atoms with Crippen molar-refractivity contribution in [1.82, 2.24) is 29.0 Å². The lowest BCUT2D eigenvalue weighted by molar-refractivity contribution is -0.0711. The maximum absolute atomic E-state index is 14.0. The molecule has 0 aliphatic carbocycles. The molecule has 1 fully saturated rings. The highest BCUT2D eigenvalue weighted by Gasteiger charge is 2.31. The third-order valence-electron chi connectivity index (χ3n) is 7.60. The van der Waals surface area contributed by atoms with Crippen LogP contribution in [-0.4, -0.2) is 109 Å². The van der Waals surface area contributed by atoms with Crippen molar-refractivity contribution in [3.8, 4) is 5.88 Å². The number of aromatic nitrogens is 4. The molecule has 3 aromatic rings. The number of methoxy groups -OCH3 is 2. The maximum Gasteiger partial charge on any atom is 0.271 e. The molecule has 4 heterocycles. The average molecular weight is 659 g/mol. The summed E-state index contributed by atoms with van der Waals surface area (Å²) in [6.07, 6.45) is 3.39. The van der Waals surface area contributed by atoms with Crippen LogP contribution < -0.4 is 15.8 Å². The highest BCUT2D eigenvalue weighted by Crippen LogP contribution is 2.28. The zero-order valence-electron chi connectivity index (χ0n) is 26.6. The number of sulfonamides is 1. The summed E-state index contributed by atoms with van der Waals surface area (Å²) < 4.78 is 46.8. The number of primary amides is 1. The largest absolute Gasteiger partial charge is 0.447 e. The molecule has 1 aliphatic heterocycles. The molecule has 0 radical (unpaired) electrons. The van der Waals surface area contributed by atoms with Crippen LogP contribution in [0.4, 0.5) is 5.69 Å². The number of carbonyl (C=O) groups is 2. The summed E-state index contributed by atoms with van der Waals surface area (Å²) in [4.78, 5) is 37.2. The summed E-state index contributed by atoms with van der Waals surface area (Å²) in [5.41, 5.74) is 6.75. The van der Waals surface area contributed by atoms with Crippen LogP contribution in [-0.2, 0) is 32.5 Å². The zero-order valence-corrected chi connectivity index (χ0v) is 27.5. The van der Waals surface area contributed by atoms with E-state index < -0.39 is 28.1 Å². The van der Waals surface area contributed by atoms with Gasteiger partial charge in [-0.25, -0.2) is 13.4 Å². The van der Waals surface area contributed by atoms with E-state index in [0.717, 1.165) is 6.54 Å². The van der Waals surface area contributed by atoms with Crippen LogP contribution >= 0.6 is 0 Å². The monoisotopic (exact) mass is 658 g/mol. The predicted octanol–water partition coefficient (Wildman–Crippen LogP) is 1.74. The molecular weight excluding hydrogens is 616 g/mol. The number of likely N-dealkylation sites (N-methyl/N-ethyl adjacent to an activating group) is 1. The van der Waals surface area contributed by atoms with Gasteiger partial charge in [0.2, 0.25) is 22.2 Å². The first kappa shape index (κ1) is 34.9. The molecule has 15 nitrogen and oxygen atoms in total. The summed E-state index contributed by atoms with van der Waals surface area (Å²) in [6.45, 7) is 7.10. The fraction of sp³-hybridized carbons (Fsp3) is 0.500. The summed E-state index contributed by atoms with van der Waals surface area (Å²) in [7, 11) is -1.04. The number of hydrogen-bond donors (Lipinski definition) is 2.